The highest BCUT2D eigenvalue weighted by molar-refractivity contribution is 6.31. The molecule has 0 bridgehead atoms. The molecular weight excluding hydrogens is 544 g/mol. The first-order chi connectivity index (χ1) is 22.4. The summed E-state index contributed by atoms with van der Waals surface area (Å²) in [4.78, 5) is 5.64. The van der Waals surface area contributed by atoms with Gasteiger partial charge in [0.15, 0.2) is 0 Å². The van der Waals surface area contributed by atoms with Gasteiger partial charge in [0.1, 0.15) is 5.65 Å². The van der Waals surface area contributed by atoms with Crippen LogP contribution in [0.4, 0.5) is 0 Å². The van der Waals surface area contributed by atoms with Crippen LogP contribution in [0.3, 0.4) is 0 Å². The van der Waals surface area contributed by atoms with E-state index in [1.807, 2.05) is 0 Å². The Morgan fingerprint density at radius 2 is 0.644 bits per heavy atom. The molecule has 2 nitrogen and oxygen atoms in total. The highest BCUT2D eigenvalue weighted by Gasteiger charge is 2.17. The van der Waals surface area contributed by atoms with Crippen LogP contribution >= 0.6 is 0 Å². The third-order valence-electron chi connectivity index (χ3n) is 9.57. The van der Waals surface area contributed by atoms with Crippen LogP contribution < -0.4 is 0 Å². The molecule has 0 atom stereocenters. The maximum Gasteiger partial charge on any atom is 0.146 e. The third-order valence-corrected chi connectivity index (χ3v) is 9.57. The average Bonchev–Trinajstić information content (AvgIpc) is 3.49. The minimum Gasteiger partial charge on any atom is -0.292 e. The van der Waals surface area contributed by atoms with E-state index in [4.69, 9.17) is 4.98 Å². The van der Waals surface area contributed by atoms with Crippen LogP contribution in [-0.2, 0) is 0 Å². The molecule has 0 fully saturated rings. The zero-order valence-electron chi connectivity index (χ0n) is 24.4. The minimum atomic E-state index is 0.962. The molecule has 0 aliphatic heterocycles. The lowest BCUT2D eigenvalue weighted by molar-refractivity contribution is 1.32. The molecule has 8 aromatic carbocycles. The second-order valence-corrected chi connectivity index (χ2v) is 11.9. The van der Waals surface area contributed by atoms with Gasteiger partial charge in [-0.1, -0.05) is 146 Å². The van der Waals surface area contributed by atoms with E-state index in [-0.39, 0.29) is 0 Å². The van der Waals surface area contributed by atoms with Gasteiger partial charge >= 0.3 is 0 Å². The number of hydrogen-bond acceptors (Lipinski definition) is 1. The summed E-state index contributed by atoms with van der Waals surface area (Å²) in [7, 11) is 0. The lowest BCUT2D eigenvalue weighted by Gasteiger charge is -2.11. The molecule has 0 unspecified atom stereocenters. The lowest BCUT2D eigenvalue weighted by Crippen LogP contribution is -1.89. The van der Waals surface area contributed by atoms with E-state index in [0.717, 1.165) is 27.6 Å². The molecule has 10 rings (SSSR count). The van der Waals surface area contributed by atoms with Gasteiger partial charge in [-0.05, 0) is 66.0 Å². The minimum absolute atomic E-state index is 0.962. The maximum atomic E-state index is 5.64. The summed E-state index contributed by atoms with van der Waals surface area (Å²) in [5.41, 5.74) is 4.22. The Labute approximate surface area is 258 Å². The van der Waals surface area contributed by atoms with Crippen molar-refractivity contribution in [3.63, 3.8) is 0 Å². The quantitative estimate of drug-likeness (QED) is 0.177. The second kappa shape index (κ2) is 9.25. The number of rotatable bonds is 0. The van der Waals surface area contributed by atoms with E-state index < -0.39 is 0 Å². The fourth-order valence-corrected chi connectivity index (χ4v) is 7.67. The fourth-order valence-electron chi connectivity index (χ4n) is 7.67. The zero-order valence-corrected chi connectivity index (χ0v) is 24.4. The van der Waals surface area contributed by atoms with E-state index in [2.05, 4.69) is 162 Å². The van der Waals surface area contributed by atoms with E-state index in [1.165, 1.54) is 64.6 Å². The molecule has 0 aliphatic rings. The number of hydrogen-bond donors (Lipinski definition) is 0. The van der Waals surface area contributed by atoms with Crippen molar-refractivity contribution in [1.29, 1.82) is 0 Å². The van der Waals surface area contributed by atoms with Gasteiger partial charge in [0.05, 0.1) is 16.6 Å². The van der Waals surface area contributed by atoms with Crippen molar-refractivity contribution in [2.75, 3.05) is 0 Å². The highest BCUT2D eigenvalue weighted by Crippen LogP contribution is 2.40. The summed E-state index contributed by atoms with van der Waals surface area (Å²) in [6.07, 6.45) is 0. The van der Waals surface area contributed by atoms with Crippen LogP contribution in [0.25, 0.3) is 92.2 Å². The fraction of sp³-hybridized carbons (Fsp3) is 0. The Morgan fingerprint density at radius 3 is 1.18 bits per heavy atom. The zero-order chi connectivity index (χ0) is 29.5. The van der Waals surface area contributed by atoms with Crippen LogP contribution in [0.15, 0.2) is 158 Å². The van der Waals surface area contributed by atoms with Crippen LogP contribution in [0.2, 0.25) is 0 Å². The Kier molecular flexibility index (Phi) is 5.03. The summed E-state index contributed by atoms with van der Waals surface area (Å²) in [6, 6.07) is 57.3. The summed E-state index contributed by atoms with van der Waals surface area (Å²) in [5, 5.41) is 15.8. The Hall–Kier alpha value is -5.99. The predicted molar refractivity (Wildman–Crippen MR) is 193 cm³/mol. The predicted octanol–water partition coefficient (Wildman–Crippen LogP) is 11.7. The van der Waals surface area contributed by atoms with Crippen molar-refractivity contribution in [3.05, 3.63) is 158 Å². The first kappa shape index (κ1) is 24.5. The van der Waals surface area contributed by atoms with Crippen molar-refractivity contribution in [1.82, 2.24) is 9.38 Å². The van der Waals surface area contributed by atoms with Crippen molar-refractivity contribution >= 4 is 92.2 Å². The van der Waals surface area contributed by atoms with Gasteiger partial charge in [0, 0.05) is 16.2 Å². The van der Waals surface area contributed by atoms with Gasteiger partial charge in [-0.3, -0.25) is 4.40 Å². The standard InChI is InChI=1S/C43H26N2/c1-2-14-28-27(13-1)29-15-4-6-19-33(29)37-25-26-40-42(41(37)36-22-9-7-18-32(28)36)44-43-38-23-10-8-20-34(38)30-16-3-5-17-31(30)35-21-11-12-24-39(35)45(40)43/h1-26H. The Morgan fingerprint density at radius 1 is 0.289 bits per heavy atom. The molecule has 208 valence electrons. The van der Waals surface area contributed by atoms with Crippen molar-refractivity contribution < 1.29 is 0 Å². The average molecular weight is 571 g/mol. The monoisotopic (exact) mass is 570 g/mol. The summed E-state index contributed by atoms with van der Waals surface area (Å²) < 4.78 is 2.39. The van der Waals surface area contributed by atoms with Gasteiger partial charge in [-0.2, -0.15) is 0 Å². The number of benzene rings is 7. The molecule has 2 heterocycles. The number of nitrogens with zero attached hydrogens (tertiary/aromatic N) is 2. The van der Waals surface area contributed by atoms with E-state index in [9.17, 15) is 0 Å². The molecule has 10 aromatic rings. The van der Waals surface area contributed by atoms with Gasteiger partial charge < -0.3 is 0 Å². The number of imidazole rings is 1. The van der Waals surface area contributed by atoms with Crippen molar-refractivity contribution in [3.8, 4) is 0 Å². The molecule has 2 heteroatoms. The largest absolute Gasteiger partial charge is 0.292 e. The molecule has 0 spiro atoms. The van der Waals surface area contributed by atoms with E-state index in [1.54, 1.807) is 0 Å². The van der Waals surface area contributed by atoms with Crippen LogP contribution in [0.1, 0.15) is 0 Å². The number of fused-ring (bicyclic) bond motifs is 19. The molecule has 45 heavy (non-hydrogen) atoms. The Bertz CT molecular complexity index is 2870. The van der Waals surface area contributed by atoms with Gasteiger partial charge in [-0.25, -0.2) is 4.98 Å². The van der Waals surface area contributed by atoms with Gasteiger partial charge in [0.25, 0.3) is 0 Å². The van der Waals surface area contributed by atoms with Gasteiger partial charge in [-0.15, -0.1) is 0 Å². The summed E-state index contributed by atoms with van der Waals surface area (Å²) in [5.74, 6) is 0. The van der Waals surface area contributed by atoms with Gasteiger partial charge in [0.2, 0.25) is 0 Å². The van der Waals surface area contributed by atoms with Crippen LogP contribution in [0, 0.1) is 0 Å². The highest BCUT2D eigenvalue weighted by atomic mass is 15.0. The topological polar surface area (TPSA) is 17.3 Å². The van der Waals surface area contributed by atoms with Crippen LogP contribution in [-0.4, -0.2) is 9.38 Å². The van der Waals surface area contributed by atoms with Crippen molar-refractivity contribution in [2.24, 2.45) is 0 Å². The normalized spacial score (nSPS) is 12.0. The third kappa shape index (κ3) is 3.37. The molecular formula is C43H26N2. The molecule has 0 amide bonds. The molecule has 0 radical (unpaired) electrons. The van der Waals surface area contributed by atoms with E-state index in [0.29, 0.717) is 0 Å². The number of aromatic nitrogens is 2. The molecule has 2 aromatic heterocycles. The SMILES string of the molecule is c1ccc2c(c1)c1ccccc1c1ccc3c(nc4c5ccccc5c5ccccc5c5ccccc5n34)c1c1ccccc21. The first-order valence-electron chi connectivity index (χ1n) is 15.5. The Balaban J connectivity index is 1.59. The summed E-state index contributed by atoms with van der Waals surface area (Å²) in [6.45, 7) is 0. The second-order valence-electron chi connectivity index (χ2n) is 11.9. The maximum absolute atomic E-state index is 5.64. The lowest BCUT2D eigenvalue weighted by atomic mass is 9.94. The molecule has 0 aliphatic carbocycles. The van der Waals surface area contributed by atoms with E-state index >= 15 is 0 Å². The molecule has 0 saturated carbocycles. The van der Waals surface area contributed by atoms with Crippen LogP contribution in [0.5, 0.6) is 0 Å². The number of para-hydroxylation sites is 1. The molecule has 0 saturated heterocycles. The smallest absolute Gasteiger partial charge is 0.146 e. The first-order valence-corrected chi connectivity index (χ1v) is 15.5. The van der Waals surface area contributed by atoms with Crippen molar-refractivity contribution in [2.45, 2.75) is 0 Å². The molecule has 0 N–H and O–H groups in total. The summed E-state index contributed by atoms with van der Waals surface area (Å²) >= 11 is 0.